The first-order chi connectivity index (χ1) is 6.75. The molecule has 0 saturated carbocycles. The number of carbonyl (C=O) groups excluding carboxylic acids is 1. The van der Waals surface area contributed by atoms with Gasteiger partial charge in [-0.05, 0) is 19.1 Å². The lowest BCUT2D eigenvalue weighted by Crippen LogP contribution is -2.10. The Hall–Kier alpha value is -1.84. The maximum absolute atomic E-state index is 11.6. The molecule has 4 heteroatoms. The van der Waals surface area contributed by atoms with E-state index in [0.717, 1.165) is 5.69 Å². The van der Waals surface area contributed by atoms with Gasteiger partial charge in [0.1, 0.15) is 5.76 Å². The normalized spacial score (nSPS) is 10.4. The number of nitrogens with zero attached hydrogens (tertiary/aromatic N) is 2. The molecule has 0 aliphatic carbocycles. The molecule has 0 N–H and O–H groups in total. The van der Waals surface area contributed by atoms with E-state index in [2.05, 4.69) is 5.16 Å². The third-order valence-electron chi connectivity index (χ3n) is 1.89. The van der Waals surface area contributed by atoms with Gasteiger partial charge in [0.25, 0.3) is 0 Å². The smallest absolute Gasteiger partial charge is 0.238 e. The van der Waals surface area contributed by atoms with Crippen LogP contribution in [0.15, 0.2) is 35.1 Å². The van der Waals surface area contributed by atoms with E-state index in [4.69, 9.17) is 4.52 Å². The van der Waals surface area contributed by atoms with Gasteiger partial charge in [0.2, 0.25) is 5.91 Å². The molecule has 0 unspecified atom stereocenters. The molecule has 4 nitrogen and oxygen atoms in total. The van der Waals surface area contributed by atoms with E-state index in [0.29, 0.717) is 5.76 Å². The van der Waals surface area contributed by atoms with Crippen LogP contribution in [0.2, 0.25) is 0 Å². The van der Waals surface area contributed by atoms with Gasteiger partial charge in [0.15, 0.2) is 0 Å². The van der Waals surface area contributed by atoms with Crippen molar-refractivity contribution in [2.45, 2.75) is 13.3 Å². The Morgan fingerprint density at radius 2 is 2.21 bits per heavy atom. The molecule has 72 valence electrons. The fourth-order valence-electron chi connectivity index (χ4n) is 1.24. The van der Waals surface area contributed by atoms with Crippen molar-refractivity contribution in [3.8, 4) is 0 Å². The van der Waals surface area contributed by atoms with Crippen molar-refractivity contribution in [2.75, 3.05) is 0 Å². The Kier molecular flexibility index (Phi) is 2.18. The second-order valence-electron chi connectivity index (χ2n) is 3.10. The monoisotopic (exact) mass is 190 g/mol. The fraction of sp³-hybridized carbons (Fsp3) is 0.200. The van der Waals surface area contributed by atoms with Crippen LogP contribution in [0.5, 0.6) is 0 Å². The molecular formula is C10H10N2O2. The van der Waals surface area contributed by atoms with Crippen LogP contribution in [0.3, 0.4) is 0 Å². The Morgan fingerprint density at radius 1 is 1.50 bits per heavy atom. The van der Waals surface area contributed by atoms with Gasteiger partial charge in [-0.1, -0.05) is 5.16 Å². The topological polar surface area (TPSA) is 48.0 Å². The number of rotatable bonds is 2. The minimum Gasteiger partial charge on any atom is -0.361 e. The van der Waals surface area contributed by atoms with Gasteiger partial charge in [-0.3, -0.25) is 9.36 Å². The lowest BCUT2D eigenvalue weighted by molar-refractivity contribution is 0.0905. The average Bonchev–Trinajstić information content (AvgIpc) is 2.75. The van der Waals surface area contributed by atoms with Gasteiger partial charge in [-0.15, -0.1) is 0 Å². The number of hydrogen-bond acceptors (Lipinski definition) is 3. The van der Waals surface area contributed by atoms with Crippen LogP contribution in [-0.2, 0) is 6.42 Å². The molecule has 0 radical (unpaired) electrons. The van der Waals surface area contributed by atoms with Crippen LogP contribution in [0.1, 0.15) is 16.2 Å². The summed E-state index contributed by atoms with van der Waals surface area (Å²) in [4.78, 5) is 11.6. The van der Waals surface area contributed by atoms with Crippen molar-refractivity contribution in [3.63, 3.8) is 0 Å². The summed E-state index contributed by atoms with van der Waals surface area (Å²) in [6.45, 7) is 1.83. The maximum Gasteiger partial charge on any atom is 0.238 e. The molecule has 0 atom stereocenters. The van der Waals surface area contributed by atoms with Gasteiger partial charge in [0, 0.05) is 18.5 Å². The van der Waals surface area contributed by atoms with E-state index < -0.39 is 0 Å². The predicted octanol–water partition coefficient (Wildman–Crippen LogP) is 1.67. The first-order valence-electron chi connectivity index (χ1n) is 4.34. The molecule has 2 aromatic rings. The summed E-state index contributed by atoms with van der Waals surface area (Å²) in [7, 11) is 0. The molecule has 0 amide bonds. The summed E-state index contributed by atoms with van der Waals surface area (Å²) in [5.74, 6) is 0.576. The molecule has 0 fully saturated rings. The summed E-state index contributed by atoms with van der Waals surface area (Å²) in [5, 5.41) is 3.71. The van der Waals surface area contributed by atoms with Crippen LogP contribution in [0, 0.1) is 6.92 Å². The molecule has 0 saturated heterocycles. The molecule has 0 aromatic carbocycles. The third kappa shape index (κ3) is 1.74. The van der Waals surface area contributed by atoms with Crippen molar-refractivity contribution in [1.82, 2.24) is 9.72 Å². The first kappa shape index (κ1) is 8.74. The SMILES string of the molecule is Cc1cc(CC(=O)n2cccc2)on1. The molecule has 2 heterocycles. The van der Waals surface area contributed by atoms with Gasteiger partial charge in [0.05, 0.1) is 12.1 Å². The van der Waals surface area contributed by atoms with Crippen molar-refractivity contribution >= 4 is 5.91 Å². The molecular weight excluding hydrogens is 180 g/mol. The Morgan fingerprint density at radius 3 is 2.79 bits per heavy atom. The fourth-order valence-corrected chi connectivity index (χ4v) is 1.24. The third-order valence-corrected chi connectivity index (χ3v) is 1.89. The number of aryl methyl sites for hydroxylation is 1. The van der Waals surface area contributed by atoms with Crippen LogP contribution in [-0.4, -0.2) is 15.6 Å². The molecule has 2 rings (SSSR count). The van der Waals surface area contributed by atoms with Crippen LogP contribution in [0.4, 0.5) is 0 Å². The lowest BCUT2D eigenvalue weighted by Gasteiger charge is -1.97. The summed E-state index contributed by atoms with van der Waals surface area (Å²) >= 11 is 0. The zero-order chi connectivity index (χ0) is 9.97. The van der Waals surface area contributed by atoms with Crippen LogP contribution in [0.25, 0.3) is 0 Å². The number of carbonyl (C=O) groups is 1. The van der Waals surface area contributed by atoms with Gasteiger partial charge >= 0.3 is 0 Å². The summed E-state index contributed by atoms with van der Waals surface area (Å²) in [5.41, 5.74) is 0.792. The highest BCUT2D eigenvalue weighted by atomic mass is 16.5. The molecule has 2 aromatic heterocycles. The minimum absolute atomic E-state index is 0.0221. The quantitative estimate of drug-likeness (QED) is 0.723. The van der Waals surface area contributed by atoms with Gasteiger partial charge in [-0.2, -0.15) is 0 Å². The highest BCUT2D eigenvalue weighted by Crippen LogP contribution is 2.04. The van der Waals surface area contributed by atoms with Crippen molar-refractivity contribution < 1.29 is 9.32 Å². The van der Waals surface area contributed by atoms with E-state index in [1.54, 1.807) is 18.5 Å². The molecule has 0 aliphatic heterocycles. The maximum atomic E-state index is 11.6. The molecule has 0 spiro atoms. The minimum atomic E-state index is -0.0221. The van der Waals surface area contributed by atoms with E-state index in [1.165, 1.54) is 4.57 Å². The first-order valence-corrected chi connectivity index (χ1v) is 4.34. The van der Waals surface area contributed by atoms with E-state index in [1.807, 2.05) is 19.1 Å². The second-order valence-corrected chi connectivity index (χ2v) is 3.10. The molecule has 14 heavy (non-hydrogen) atoms. The largest absolute Gasteiger partial charge is 0.361 e. The van der Waals surface area contributed by atoms with E-state index in [9.17, 15) is 4.79 Å². The summed E-state index contributed by atoms with van der Waals surface area (Å²) in [6, 6.07) is 5.38. The lowest BCUT2D eigenvalue weighted by atomic mass is 10.3. The highest BCUT2D eigenvalue weighted by Gasteiger charge is 2.08. The summed E-state index contributed by atoms with van der Waals surface area (Å²) < 4.78 is 6.47. The highest BCUT2D eigenvalue weighted by molar-refractivity contribution is 5.80. The standard InChI is InChI=1S/C10H10N2O2/c1-8-6-9(14-11-8)7-10(13)12-4-2-3-5-12/h2-6H,7H2,1H3. The van der Waals surface area contributed by atoms with Crippen molar-refractivity contribution in [1.29, 1.82) is 0 Å². The van der Waals surface area contributed by atoms with Crippen molar-refractivity contribution in [3.05, 3.63) is 42.0 Å². The zero-order valence-corrected chi connectivity index (χ0v) is 7.80. The summed E-state index contributed by atoms with van der Waals surface area (Å²) in [6.07, 6.45) is 3.67. The average molecular weight is 190 g/mol. The van der Waals surface area contributed by atoms with Crippen LogP contribution >= 0.6 is 0 Å². The Labute approximate surface area is 81.1 Å². The van der Waals surface area contributed by atoms with Gasteiger partial charge in [-0.25, -0.2) is 0 Å². The molecule has 0 aliphatic rings. The Bertz CT molecular complexity index is 429. The van der Waals surface area contributed by atoms with Crippen molar-refractivity contribution in [2.24, 2.45) is 0 Å². The predicted molar refractivity (Wildman–Crippen MR) is 50.0 cm³/mol. The number of aromatic nitrogens is 2. The van der Waals surface area contributed by atoms with E-state index >= 15 is 0 Å². The van der Waals surface area contributed by atoms with Gasteiger partial charge < -0.3 is 4.52 Å². The molecule has 0 bridgehead atoms. The Balaban J connectivity index is 2.09. The van der Waals surface area contributed by atoms with Crippen LogP contribution < -0.4 is 0 Å². The van der Waals surface area contributed by atoms with E-state index in [-0.39, 0.29) is 12.3 Å². The zero-order valence-electron chi connectivity index (χ0n) is 7.80. The number of hydrogen-bond donors (Lipinski definition) is 0. The second kappa shape index (κ2) is 3.49.